The number of ether oxygens (including phenoxy) is 1. The third-order valence-electron chi connectivity index (χ3n) is 4.13. The summed E-state index contributed by atoms with van der Waals surface area (Å²) in [5, 5.41) is 2.77. The standard InChI is InChI=1S/C15H20N2O4S/c1-10-9-21-11(2)8-17(10)22(19,20)13-4-5-14-12(7-13)3-6-15(18)16-14/h4-5,7,10-11H,3,6,8-9H2,1-2H3,(H,16,18)/t10-,11+/m0/s1. The van der Waals surface area contributed by atoms with Crippen LogP contribution in [0.15, 0.2) is 23.1 Å². The zero-order valence-corrected chi connectivity index (χ0v) is 13.5. The molecule has 2 heterocycles. The SMILES string of the molecule is C[C@@H]1CN(S(=O)(=O)c2ccc3c(c2)CCC(=O)N3)[C@@H](C)CO1. The highest BCUT2D eigenvalue weighted by molar-refractivity contribution is 7.89. The molecule has 0 spiro atoms. The van der Waals surface area contributed by atoms with E-state index in [0.29, 0.717) is 31.7 Å². The second-order valence-corrected chi connectivity index (χ2v) is 7.83. The van der Waals surface area contributed by atoms with Gasteiger partial charge in [0.25, 0.3) is 0 Å². The summed E-state index contributed by atoms with van der Waals surface area (Å²) in [5.41, 5.74) is 1.58. The number of anilines is 1. The van der Waals surface area contributed by atoms with Crippen molar-refractivity contribution in [2.24, 2.45) is 0 Å². The van der Waals surface area contributed by atoms with Crippen LogP contribution < -0.4 is 5.32 Å². The summed E-state index contributed by atoms with van der Waals surface area (Å²) in [6.45, 7) is 4.48. The van der Waals surface area contributed by atoms with Crippen LogP contribution in [0.3, 0.4) is 0 Å². The van der Waals surface area contributed by atoms with Gasteiger partial charge >= 0.3 is 0 Å². The Labute approximate surface area is 130 Å². The van der Waals surface area contributed by atoms with Crippen molar-refractivity contribution in [1.82, 2.24) is 4.31 Å². The fourth-order valence-electron chi connectivity index (χ4n) is 2.86. The number of fused-ring (bicyclic) bond motifs is 1. The molecule has 1 amide bonds. The van der Waals surface area contributed by atoms with E-state index >= 15 is 0 Å². The number of nitrogens with zero attached hydrogens (tertiary/aromatic N) is 1. The third kappa shape index (κ3) is 2.76. The number of carbonyl (C=O) groups is 1. The Morgan fingerprint density at radius 3 is 2.82 bits per heavy atom. The maximum Gasteiger partial charge on any atom is 0.243 e. The van der Waals surface area contributed by atoms with Gasteiger partial charge in [-0.3, -0.25) is 4.79 Å². The average Bonchev–Trinajstić information content (AvgIpc) is 2.49. The second kappa shape index (κ2) is 5.64. The molecule has 2 aliphatic rings. The largest absolute Gasteiger partial charge is 0.375 e. The monoisotopic (exact) mass is 324 g/mol. The van der Waals surface area contributed by atoms with Gasteiger partial charge in [-0.05, 0) is 44.0 Å². The van der Waals surface area contributed by atoms with Gasteiger partial charge in [-0.1, -0.05) is 0 Å². The summed E-state index contributed by atoms with van der Waals surface area (Å²) in [6.07, 6.45) is 0.851. The second-order valence-electron chi connectivity index (χ2n) is 5.93. The number of hydrogen-bond donors (Lipinski definition) is 1. The van der Waals surface area contributed by atoms with Crippen molar-refractivity contribution in [1.29, 1.82) is 0 Å². The van der Waals surface area contributed by atoms with Crippen LogP contribution in [-0.2, 0) is 26.0 Å². The molecule has 1 aromatic rings. The number of benzene rings is 1. The van der Waals surface area contributed by atoms with Crippen LogP contribution in [0.1, 0.15) is 25.8 Å². The molecule has 3 rings (SSSR count). The highest BCUT2D eigenvalue weighted by Gasteiger charge is 2.34. The van der Waals surface area contributed by atoms with Crippen LogP contribution in [0, 0.1) is 0 Å². The summed E-state index contributed by atoms with van der Waals surface area (Å²) in [7, 11) is -3.55. The van der Waals surface area contributed by atoms with Gasteiger partial charge in [0.05, 0.1) is 17.6 Å². The molecule has 0 bridgehead atoms. The minimum absolute atomic E-state index is 0.0290. The summed E-state index contributed by atoms with van der Waals surface area (Å²) in [6, 6.07) is 4.73. The van der Waals surface area contributed by atoms with E-state index in [1.807, 2.05) is 13.8 Å². The summed E-state index contributed by atoms with van der Waals surface area (Å²) in [5.74, 6) is -0.0290. The van der Waals surface area contributed by atoms with Crippen molar-refractivity contribution in [2.75, 3.05) is 18.5 Å². The molecule has 0 aromatic heterocycles. The Balaban J connectivity index is 1.94. The topological polar surface area (TPSA) is 75.7 Å². The molecule has 2 atom stereocenters. The molecule has 6 nitrogen and oxygen atoms in total. The first kappa shape index (κ1) is 15.5. The third-order valence-corrected chi connectivity index (χ3v) is 6.11. The molecule has 22 heavy (non-hydrogen) atoms. The highest BCUT2D eigenvalue weighted by Crippen LogP contribution is 2.28. The quantitative estimate of drug-likeness (QED) is 0.891. The smallest absolute Gasteiger partial charge is 0.243 e. The molecule has 1 aromatic carbocycles. The van der Waals surface area contributed by atoms with Crippen molar-refractivity contribution in [2.45, 2.75) is 43.7 Å². The Bertz CT molecular complexity index is 701. The first-order chi connectivity index (χ1) is 10.4. The van der Waals surface area contributed by atoms with E-state index in [2.05, 4.69) is 5.32 Å². The number of amides is 1. The first-order valence-corrected chi connectivity index (χ1v) is 8.88. The number of nitrogens with one attached hydrogen (secondary N) is 1. The zero-order valence-electron chi connectivity index (χ0n) is 12.7. The van der Waals surface area contributed by atoms with E-state index in [9.17, 15) is 13.2 Å². The van der Waals surface area contributed by atoms with Gasteiger partial charge in [-0.25, -0.2) is 8.42 Å². The predicted molar refractivity (Wildman–Crippen MR) is 82.2 cm³/mol. The molecule has 1 N–H and O–H groups in total. The average molecular weight is 324 g/mol. The lowest BCUT2D eigenvalue weighted by molar-refractivity contribution is -0.116. The van der Waals surface area contributed by atoms with Gasteiger partial charge in [0.15, 0.2) is 0 Å². The lowest BCUT2D eigenvalue weighted by Gasteiger charge is -2.35. The lowest BCUT2D eigenvalue weighted by Crippen LogP contribution is -2.50. The fourth-order valence-corrected chi connectivity index (χ4v) is 4.61. The highest BCUT2D eigenvalue weighted by atomic mass is 32.2. The van der Waals surface area contributed by atoms with Crippen molar-refractivity contribution in [3.63, 3.8) is 0 Å². The van der Waals surface area contributed by atoms with Gasteiger partial charge in [0, 0.05) is 24.7 Å². The number of carbonyl (C=O) groups excluding carboxylic acids is 1. The lowest BCUT2D eigenvalue weighted by atomic mass is 10.0. The minimum Gasteiger partial charge on any atom is -0.375 e. The van der Waals surface area contributed by atoms with E-state index in [0.717, 1.165) is 5.56 Å². The first-order valence-electron chi connectivity index (χ1n) is 7.44. The Hall–Kier alpha value is -1.44. The normalized spacial score (nSPS) is 26.4. The number of morpholine rings is 1. The maximum atomic E-state index is 12.9. The van der Waals surface area contributed by atoms with E-state index in [-0.39, 0.29) is 22.9 Å². The molecular weight excluding hydrogens is 304 g/mol. The van der Waals surface area contributed by atoms with Gasteiger partial charge in [-0.15, -0.1) is 0 Å². The minimum atomic E-state index is -3.55. The Kier molecular flexibility index (Phi) is 3.96. The fraction of sp³-hybridized carbons (Fsp3) is 0.533. The Morgan fingerprint density at radius 1 is 1.27 bits per heavy atom. The van der Waals surface area contributed by atoms with Gasteiger partial charge < -0.3 is 10.1 Å². The molecule has 0 radical (unpaired) electrons. The number of rotatable bonds is 2. The molecule has 1 fully saturated rings. The van der Waals surface area contributed by atoms with Crippen molar-refractivity contribution in [3.8, 4) is 0 Å². The number of hydrogen-bond acceptors (Lipinski definition) is 4. The van der Waals surface area contributed by atoms with Crippen LogP contribution in [0.25, 0.3) is 0 Å². The molecular formula is C15H20N2O4S. The molecule has 7 heteroatoms. The Morgan fingerprint density at radius 2 is 2.05 bits per heavy atom. The molecule has 2 aliphatic heterocycles. The summed E-state index contributed by atoms with van der Waals surface area (Å²) < 4.78 is 32.8. The van der Waals surface area contributed by atoms with Gasteiger partial charge in [0.1, 0.15) is 0 Å². The van der Waals surface area contributed by atoms with Gasteiger partial charge in [-0.2, -0.15) is 4.31 Å². The summed E-state index contributed by atoms with van der Waals surface area (Å²) in [4.78, 5) is 11.7. The molecule has 0 saturated carbocycles. The van der Waals surface area contributed by atoms with E-state index in [1.165, 1.54) is 4.31 Å². The van der Waals surface area contributed by atoms with Crippen molar-refractivity contribution in [3.05, 3.63) is 23.8 Å². The number of sulfonamides is 1. The van der Waals surface area contributed by atoms with Crippen molar-refractivity contribution >= 4 is 21.6 Å². The zero-order chi connectivity index (χ0) is 15.9. The molecule has 0 unspecified atom stereocenters. The van der Waals surface area contributed by atoms with Crippen LogP contribution in [-0.4, -0.2) is 43.9 Å². The molecule has 120 valence electrons. The van der Waals surface area contributed by atoms with Crippen LogP contribution in [0.4, 0.5) is 5.69 Å². The van der Waals surface area contributed by atoms with E-state index < -0.39 is 10.0 Å². The van der Waals surface area contributed by atoms with E-state index in [4.69, 9.17) is 4.74 Å². The van der Waals surface area contributed by atoms with E-state index in [1.54, 1.807) is 18.2 Å². The van der Waals surface area contributed by atoms with Gasteiger partial charge in [0.2, 0.25) is 15.9 Å². The predicted octanol–water partition coefficient (Wildman–Crippen LogP) is 1.37. The maximum absolute atomic E-state index is 12.9. The van der Waals surface area contributed by atoms with Crippen LogP contribution in [0.2, 0.25) is 0 Å². The summed E-state index contributed by atoms with van der Waals surface area (Å²) >= 11 is 0. The van der Waals surface area contributed by atoms with Crippen LogP contribution in [0.5, 0.6) is 0 Å². The molecule has 0 aliphatic carbocycles. The van der Waals surface area contributed by atoms with Crippen LogP contribution >= 0.6 is 0 Å². The van der Waals surface area contributed by atoms with Crippen molar-refractivity contribution < 1.29 is 17.9 Å². The number of aryl methyl sites for hydroxylation is 1. The molecule has 1 saturated heterocycles.